The molecule has 0 radical (unpaired) electrons. The van der Waals surface area contributed by atoms with Gasteiger partial charge in [-0.05, 0) is 44.7 Å². The molecule has 1 unspecified atom stereocenters. The molecule has 15 heavy (non-hydrogen) atoms. The van der Waals surface area contributed by atoms with Crippen LogP contribution in [0.15, 0.2) is 18.2 Å². The van der Waals surface area contributed by atoms with E-state index in [9.17, 15) is 5.11 Å². The number of benzene rings is 1. The molecule has 0 fully saturated rings. The minimum absolute atomic E-state index is 0.0836. The second kappa shape index (κ2) is 3.86. The van der Waals surface area contributed by atoms with E-state index in [-0.39, 0.29) is 6.61 Å². The number of hydrogen-bond donors (Lipinski definition) is 1. The Morgan fingerprint density at radius 2 is 2.27 bits per heavy atom. The molecule has 0 saturated carbocycles. The largest absolute Gasteiger partial charge is 0.485 e. The van der Waals surface area contributed by atoms with E-state index in [1.165, 1.54) is 11.1 Å². The monoisotopic (exact) mass is 206 g/mol. The quantitative estimate of drug-likeness (QED) is 0.764. The number of aliphatic hydroxyl groups is 1. The Kier molecular flexibility index (Phi) is 2.70. The molecule has 0 aromatic heterocycles. The summed E-state index contributed by atoms with van der Waals surface area (Å²) in [7, 11) is 0. The lowest BCUT2D eigenvalue weighted by Gasteiger charge is -2.27. The highest BCUT2D eigenvalue weighted by Crippen LogP contribution is 2.32. The average molecular weight is 206 g/mol. The SMILES string of the molecule is Cc1ccc2c(c1)CCCC(C)(CO)O2. The molecule has 82 valence electrons. The first-order chi connectivity index (χ1) is 7.13. The van der Waals surface area contributed by atoms with Crippen molar-refractivity contribution in [2.75, 3.05) is 6.61 Å². The average Bonchev–Trinajstić information content (AvgIpc) is 2.37. The van der Waals surface area contributed by atoms with Crippen molar-refractivity contribution in [2.45, 2.75) is 38.7 Å². The van der Waals surface area contributed by atoms with Gasteiger partial charge in [-0.25, -0.2) is 0 Å². The third kappa shape index (κ3) is 2.15. The Labute approximate surface area is 90.9 Å². The van der Waals surface area contributed by atoms with Crippen LogP contribution in [0, 0.1) is 6.92 Å². The van der Waals surface area contributed by atoms with Gasteiger partial charge in [-0.3, -0.25) is 0 Å². The molecule has 1 aliphatic rings. The predicted octanol–water partition coefficient (Wildman–Crippen LogP) is 2.46. The Hall–Kier alpha value is -1.02. The van der Waals surface area contributed by atoms with Crippen LogP contribution < -0.4 is 4.74 Å². The number of ether oxygens (including phenoxy) is 1. The lowest BCUT2D eigenvalue weighted by Crippen LogP contribution is -2.35. The number of aryl methyl sites for hydroxylation is 2. The summed E-state index contributed by atoms with van der Waals surface area (Å²) in [5, 5.41) is 9.33. The van der Waals surface area contributed by atoms with Gasteiger partial charge in [0.15, 0.2) is 0 Å². The summed E-state index contributed by atoms with van der Waals surface area (Å²) in [6, 6.07) is 6.25. The topological polar surface area (TPSA) is 29.5 Å². The highest BCUT2D eigenvalue weighted by atomic mass is 16.5. The van der Waals surface area contributed by atoms with Crippen LogP contribution in [0.4, 0.5) is 0 Å². The van der Waals surface area contributed by atoms with Gasteiger partial charge in [-0.15, -0.1) is 0 Å². The van der Waals surface area contributed by atoms with Crippen LogP contribution in [0.25, 0.3) is 0 Å². The summed E-state index contributed by atoms with van der Waals surface area (Å²) < 4.78 is 5.90. The number of fused-ring (bicyclic) bond motifs is 1. The highest BCUT2D eigenvalue weighted by molar-refractivity contribution is 5.38. The van der Waals surface area contributed by atoms with Gasteiger partial charge in [-0.2, -0.15) is 0 Å². The molecule has 0 aliphatic carbocycles. The second-order valence-electron chi connectivity index (χ2n) is 4.67. The van der Waals surface area contributed by atoms with Crippen LogP contribution in [0.2, 0.25) is 0 Å². The van der Waals surface area contributed by atoms with E-state index in [1.807, 2.05) is 13.0 Å². The standard InChI is InChI=1S/C13H18O2/c1-10-5-6-12-11(8-10)4-3-7-13(2,9-14)15-12/h5-6,8,14H,3-4,7,9H2,1-2H3. The zero-order chi connectivity index (χ0) is 10.9. The Balaban J connectivity index is 2.34. The van der Waals surface area contributed by atoms with Crippen LogP contribution in [0.1, 0.15) is 30.9 Å². The normalized spacial score (nSPS) is 25.3. The molecule has 0 saturated heterocycles. The zero-order valence-corrected chi connectivity index (χ0v) is 9.42. The van der Waals surface area contributed by atoms with Crippen molar-refractivity contribution in [1.29, 1.82) is 0 Å². The minimum Gasteiger partial charge on any atom is -0.485 e. The van der Waals surface area contributed by atoms with E-state index in [4.69, 9.17) is 4.74 Å². The van der Waals surface area contributed by atoms with Crippen molar-refractivity contribution in [3.05, 3.63) is 29.3 Å². The molecular formula is C13H18O2. The first-order valence-corrected chi connectivity index (χ1v) is 5.52. The van der Waals surface area contributed by atoms with Crippen LogP contribution in [-0.4, -0.2) is 17.3 Å². The molecule has 1 aliphatic heterocycles. The van der Waals surface area contributed by atoms with Gasteiger partial charge in [0.05, 0.1) is 6.61 Å². The molecule has 1 N–H and O–H groups in total. The van der Waals surface area contributed by atoms with E-state index < -0.39 is 5.60 Å². The van der Waals surface area contributed by atoms with Gasteiger partial charge in [0, 0.05) is 0 Å². The summed E-state index contributed by atoms with van der Waals surface area (Å²) in [6.45, 7) is 4.15. The predicted molar refractivity (Wildman–Crippen MR) is 60.2 cm³/mol. The molecule has 1 atom stereocenters. The van der Waals surface area contributed by atoms with Gasteiger partial charge >= 0.3 is 0 Å². The first kappa shape index (κ1) is 10.5. The molecule has 1 aromatic rings. The number of aliphatic hydroxyl groups excluding tert-OH is 1. The van der Waals surface area contributed by atoms with Crippen molar-refractivity contribution < 1.29 is 9.84 Å². The third-order valence-corrected chi connectivity index (χ3v) is 3.06. The highest BCUT2D eigenvalue weighted by Gasteiger charge is 2.28. The number of hydrogen-bond acceptors (Lipinski definition) is 2. The van der Waals surface area contributed by atoms with Gasteiger partial charge in [-0.1, -0.05) is 17.7 Å². The first-order valence-electron chi connectivity index (χ1n) is 5.52. The maximum Gasteiger partial charge on any atom is 0.129 e. The molecule has 2 nitrogen and oxygen atoms in total. The van der Waals surface area contributed by atoms with Crippen molar-refractivity contribution in [2.24, 2.45) is 0 Å². The summed E-state index contributed by atoms with van der Waals surface area (Å²) in [6.07, 6.45) is 3.04. The molecule has 2 heteroatoms. The van der Waals surface area contributed by atoms with E-state index >= 15 is 0 Å². The van der Waals surface area contributed by atoms with E-state index in [0.29, 0.717) is 0 Å². The fourth-order valence-electron chi connectivity index (χ4n) is 2.08. The van der Waals surface area contributed by atoms with Crippen molar-refractivity contribution in [3.8, 4) is 5.75 Å². The second-order valence-corrected chi connectivity index (χ2v) is 4.67. The zero-order valence-electron chi connectivity index (χ0n) is 9.42. The van der Waals surface area contributed by atoms with Gasteiger partial charge in [0.1, 0.15) is 11.4 Å². The fourth-order valence-corrected chi connectivity index (χ4v) is 2.08. The molecule has 0 spiro atoms. The van der Waals surface area contributed by atoms with Gasteiger partial charge in [0.2, 0.25) is 0 Å². The molecule has 1 heterocycles. The van der Waals surface area contributed by atoms with Crippen LogP contribution in [0.5, 0.6) is 5.75 Å². The van der Waals surface area contributed by atoms with E-state index in [0.717, 1.165) is 25.0 Å². The molecular weight excluding hydrogens is 188 g/mol. The van der Waals surface area contributed by atoms with E-state index in [2.05, 4.69) is 19.1 Å². The smallest absolute Gasteiger partial charge is 0.129 e. The molecule has 0 amide bonds. The Morgan fingerprint density at radius 3 is 3.00 bits per heavy atom. The van der Waals surface area contributed by atoms with Crippen LogP contribution in [-0.2, 0) is 6.42 Å². The molecule has 1 aromatic carbocycles. The van der Waals surface area contributed by atoms with Crippen LogP contribution >= 0.6 is 0 Å². The summed E-state index contributed by atoms with van der Waals surface area (Å²) >= 11 is 0. The Morgan fingerprint density at radius 1 is 1.47 bits per heavy atom. The van der Waals surface area contributed by atoms with Crippen molar-refractivity contribution in [3.63, 3.8) is 0 Å². The lowest BCUT2D eigenvalue weighted by atomic mass is 9.99. The Bertz CT molecular complexity index is 360. The third-order valence-electron chi connectivity index (χ3n) is 3.06. The van der Waals surface area contributed by atoms with Gasteiger partial charge < -0.3 is 9.84 Å². The maximum absolute atomic E-state index is 9.33. The van der Waals surface area contributed by atoms with Crippen molar-refractivity contribution >= 4 is 0 Å². The van der Waals surface area contributed by atoms with Crippen LogP contribution in [0.3, 0.4) is 0 Å². The summed E-state index contributed by atoms with van der Waals surface area (Å²) in [4.78, 5) is 0. The molecule has 2 rings (SSSR count). The lowest BCUT2D eigenvalue weighted by molar-refractivity contribution is 0.0205. The van der Waals surface area contributed by atoms with Crippen molar-refractivity contribution in [1.82, 2.24) is 0 Å². The maximum atomic E-state index is 9.33. The summed E-state index contributed by atoms with van der Waals surface area (Å²) in [5.41, 5.74) is 2.14. The minimum atomic E-state index is -0.402. The summed E-state index contributed by atoms with van der Waals surface area (Å²) in [5.74, 6) is 0.939. The molecule has 0 bridgehead atoms. The number of rotatable bonds is 1. The van der Waals surface area contributed by atoms with Gasteiger partial charge in [0.25, 0.3) is 0 Å². The van der Waals surface area contributed by atoms with E-state index in [1.54, 1.807) is 0 Å². The fraction of sp³-hybridized carbons (Fsp3) is 0.538.